The lowest BCUT2D eigenvalue weighted by atomic mass is 9.78. The lowest BCUT2D eigenvalue weighted by Gasteiger charge is -2.26. The molecule has 0 bridgehead atoms. The SMILES string of the molecule is N[C@@]1(C(=O)O)CC(CNCc2ccc(-c3ccc(Cl)cc3)cc2)C[C@@H]1CCCB(O)O. The molecule has 0 aliphatic heterocycles. The number of carbonyl (C=O) groups is 1. The Balaban J connectivity index is 1.50. The van der Waals surface area contributed by atoms with Crippen LogP contribution in [0.25, 0.3) is 11.1 Å². The Morgan fingerprint density at radius 3 is 2.32 bits per heavy atom. The fourth-order valence-electron chi connectivity index (χ4n) is 4.56. The van der Waals surface area contributed by atoms with Gasteiger partial charge in [0.2, 0.25) is 0 Å². The second kappa shape index (κ2) is 10.6. The highest BCUT2D eigenvalue weighted by Crippen LogP contribution is 2.41. The Hall–Kier alpha value is -1.90. The second-order valence-corrected chi connectivity index (χ2v) is 9.03. The summed E-state index contributed by atoms with van der Waals surface area (Å²) in [6.45, 7) is 1.40. The van der Waals surface area contributed by atoms with Gasteiger partial charge in [0.25, 0.3) is 0 Å². The lowest BCUT2D eigenvalue weighted by Crippen LogP contribution is -2.51. The minimum atomic E-state index is -1.36. The summed E-state index contributed by atoms with van der Waals surface area (Å²) in [5, 5.41) is 31.9. The van der Waals surface area contributed by atoms with Crippen molar-refractivity contribution in [2.75, 3.05) is 6.54 Å². The van der Waals surface area contributed by atoms with Gasteiger partial charge in [-0.2, -0.15) is 0 Å². The smallest absolute Gasteiger partial charge is 0.451 e. The van der Waals surface area contributed by atoms with Gasteiger partial charge in [-0.15, -0.1) is 0 Å². The molecule has 0 aromatic heterocycles. The molecular formula is C23H30BClN2O4. The van der Waals surface area contributed by atoms with Crippen molar-refractivity contribution in [2.45, 2.75) is 44.1 Å². The quantitative estimate of drug-likeness (QED) is 0.360. The number of halogens is 1. The first-order chi connectivity index (χ1) is 14.8. The number of nitrogens with one attached hydrogen (secondary N) is 1. The molecule has 0 spiro atoms. The second-order valence-electron chi connectivity index (χ2n) is 8.59. The van der Waals surface area contributed by atoms with E-state index >= 15 is 0 Å². The van der Waals surface area contributed by atoms with E-state index in [9.17, 15) is 9.90 Å². The van der Waals surface area contributed by atoms with Crippen LogP contribution < -0.4 is 11.1 Å². The number of benzene rings is 2. The van der Waals surface area contributed by atoms with E-state index in [4.69, 9.17) is 27.4 Å². The zero-order valence-electron chi connectivity index (χ0n) is 17.5. The van der Waals surface area contributed by atoms with Crippen molar-refractivity contribution in [1.29, 1.82) is 0 Å². The highest BCUT2D eigenvalue weighted by atomic mass is 35.5. The van der Waals surface area contributed by atoms with E-state index in [1.165, 1.54) is 0 Å². The van der Waals surface area contributed by atoms with E-state index in [2.05, 4.69) is 29.6 Å². The molecule has 31 heavy (non-hydrogen) atoms. The summed E-state index contributed by atoms with van der Waals surface area (Å²) >= 11 is 5.95. The number of nitrogens with two attached hydrogens (primary N) is 1. The van der Waals surface area contributed by atoms with E-state index in [-0.39, 0.29) is 18.2 Å². The Kier molecular flexibility index (Phi) is 8.14. The molecule has 0 saturated heterocycles. The van der Waals surface area contributed by atoms with Gasteiger partial charge in [0, 0.05) is 11.6 Å². The summed E-state index contributed by atoms with van der Waals surface area (Å²) in [4.78, 5) is 11.8. The van der Waals surface area contributed by atoms with Crippen LogP contribution >= 0.6 is 11.6 Å². The van der Waals surface area contributed by atoms with Gasteiger partial charge in [-0.3, -0.25) is 4.79 Å². The van der Waals surface area contributed by atoms with Crippen LogP contribution in [-0.4, -0.2) is 40.3 Å². The van der Waals surface area contributed by atoms with Crippen molar-refractivity contribution in [2.24, 2.45) is 17.6 Å². The summed E-state index contributed by atoms with van der Waals surface area (Å²) in [5.41, 5.74) is 8.41. The maximum atomic E-state index is 11.8. The van der Waals surface area contributed by atoms with Gasteiger partial charge in [0.15, 0.2) is 0 Å². The molecule has 3 atom stereocenters. The standard InChI is InChI=1S/C23H30BClN2O4/c25-21-9-7-19(8-10-21)18-5-3-16(4-6-18)14-27-15-17-12-20(2-1-11-24(30)31)23(26,13-17)22(28)29/h3-10,17,20,27,30-31H,1-2,11-15,26H2,(H,28,29)/t17?,20-,23-/m0/s1. The highest BCUT2D eigenvalue weighted by molar-refractivity contribution is 6.40. The van der Waals surface area contributed by atoms with E-state index in [0.29, 0.717) is 37.4 Å². The molecule has 1 aliphatic rings. The first-order valence-electron chi connectivity index (χ1n) is 10.7. The Bertz CT molecular complexity index is 863. The van der Waals surface area contributed by atoms with Crippen molar-refractivity contribution < 1.29 is 19.9 Å². The van der Waals surface area contributed by atoms with E-state index in [0.717, 1.165) is 23.1 Å². The third-order valence-corrected chi connectivity index (χ3v) is 6.53. The molecule has 0 amide bonds. The minimum absolute atomic E-state index is 0.158. The van der Waals surface area contributed by atoms with Crippen molar-refractivity contribution in [3.63, 3.8) is 0 Å². The normalized spacial score (nSPS) is 23.1. The average Bonchev–Trinajstić information content (AvgIpc) is 3.06. The maximum Gasteiger partial charge on any atom is 0.451 e. The maximum absolute atomic E-state index is 11.8. The van der Waals surface area contributed by atoms with Crippen molar-refractivity contribution in [1.82, 2.24) is 5.32 Å². The molecule has 166 valence electrons. The molecule has 8 heteroatoms. The van der Waals surface area contributed by atoms with Gasteiger partial charge in [-0.1, -0.05) is 54.4 Å². The Morgan fingerprint density at radius 1 is 1.13 bits per heavy atom. The van der Waals surface area contributed by atoms with Gasteiger partial charge in [-0.25, -0.2) is 0 Å². The van der Waals surface area contributed by atoms with E-state index in [1.807, 2.05) is 24.3 Å². The van der Waals surface area contributed by atoms with Crippen molar-refractivity contribution in [3.05, 3.63) is 59.1 Å². The van der Waals surface area contributed by atoms with Gasteiger partial charge in [0.05, 0.1) is 0 Å². The summed E-state index contributed by atoms with van der Waals surface area (Å²) < 4.78 is 0. The molecule has 2 aromatic rings. The van der Waals surface area contributed by atoms with Gasteiger partial charge in [0.1, 0.15) is 5.54 Å². The fraction of sp³-hybridized carbons (Fsp3) is 0.435. The predicted molar refractivity (Wildman–Crippen MR) is 124 cm³/mol. The van der Waals surface area contributed by atoms with Crippen LogP contribution in [0.5, 0.6) is 0 Å². The molecule has 0 heterocycles. The molecular weight excluding hydrogens is 415 g/mol. The average molecular weight is 445 g/mol. The lowest BCUT2D eigenvalue weighted by molar-refractivity contribution is -0.145. The number of carboxylic acid groups (broad SMARTS) is 1. The third-order valence-electron chi connectivity index (χ3n) is 6.28. The topological polar surface area (TPSA) is 116 Å². The first-order valence-corrected chi connectivity index (χ1v) is 11.1. The number of aliphatic carboxylic acids is 1. The monoisotopic (exact) mass is 444 g/mol. The molecule has 2 aromatic carbocycles. The molecule has 3 rings (SSSR count). The van der Waals surface area contributed by atoms with Crippen LogP contribution in [0.1, 0.15) is 31.2 Å². The van der Waals surface area contributed by atoms with Crippen LogP contribution in [0.4, 0.5) is 0 Å². The van der Waals surface area contributed by atoms with Crippen LogP contribution in [0.15, 0.2) is 48.5 Å². The van der Waals surface area contributed by atoms with E-state index in [1.54, 1.807) is 0 Å². The first kappa shape index (κ1) is 23.8. The van der Waals surface area contributed by atoms with Gasteiger partial charge >= 0.3 is 13.1 Å². The fourth-order valence-corrected chi connectivity index (χ4v) is 4.68. The number of rotatable bonds is 10. The summed E-state index contributed by atoms with van der Waals surface area (Å²) in [5.74, 6) is -0.949. The van der Waals surface area contributed by atoms with E-state index < -0.39 is 18.6 Å². The van der Waals surface area contributed by atoms with Crippen LogP contribution in [0.3, 0.4) is 0 Å². The van der Waals surface area contributed by atoms with Crippen LogP contribution in [0, 0.1) is 11.8 Å². The minimum Gasteiger partial charge on any atom is -0.480 e. The summed E-state index contributed by atoms with van der Waals surface area (Å²) in [6, 6.07) is 16.1. The molecule has 6 N–H and O–H groups in total. The molecule has 1 unspecified atom stereocenters. The predicted octanol–water partition coefficient (Wildman–Crippen LogP) is 3.16. The zero-order valence-corrected chi connectivity index (χ0v) is 18.3. The number of carboxylic acids is 1. The molecule has 1 fully saturated rings. The summed E-state index contributed by atoms with van der Waals surface area (Å²) in [6.07, 6.45) is 2.53. The number of hydrogen-bond donors (Lipinski definition) is 5. The Morgan fingerprint density at radius 2 is 1.74 bits per heavy atom. The summed E-state index contributed by atoms with van der Waals surface area (Å²) in [7, 11) is -1.36. The van der Waals surface area contributed by atoms with Gasteiger partial charge < -0.3 is 26.2 Å². The highest BCUT2D eigenvalue weighted by Gasteiger charge is 2.49. The van der Waals surface area contributed by atoms with Crippen molar-refractivity contribution in [3.8, 4) is 11.1 Å². The van der Waals surface area contributed by atoms with Crippen LogP contribution in [-0.2, 0) is 11.3 Å². The molecule has 1 aliphatic carbocycles. The molecule has 0 radical (unpaired) electrons. The molecule has 1 saturated carbocycles. The zero-order chi connectivity index (χ0) is 22.4. The third kappa shape index (κ3) is 6.31. The Labute approximate surface area is 188 Å². The number of hydrogen-bond acceptors (Lipinski definition) is 5. The van der Waals surface area contributed by atoms with Crippen LogP contribution in [0.2, 0.25) is 11.3 Å². The molecule has 6 nitrogen and oxygen atoms in total. The van der Waals surface area contributed by atoms with Gasteiger partial charge in [-0.05, 0) is 72.8 Å². The largest absolute Gasteiger partial charge is 0.480 e. The van der Waals surface area contributed by atoms with Crippen molar-refractivity contribution >= 4 is 24.7 Å².